The van der Waals surface area contributed by atoms with E-state index in [9.17, 15) is 9.59 Å². The zero-order chi connectivity index (χ0) is 10.8. The summed E-state index contributed by atoms with van der Waals surface area (Å²) in [7, 11) is 0. The first-order chi connectivity index (χ1) is 7.15. The summed E-state index contributed by atoms with van der Waals surface area (Å²) in [6.07, 6.45) is 2.19. The molecule has 1 atom stereocenters. The molecule has 2 bridgehead atoms. The molecule has 3 heterocycles. The molecule has 4 nitrogen and oxygen atoms in total. The lowest BCUT2D eigenvalue weighted by Crippen LogP contribution is -2.52. The highest BCUT2D eigenvalue weighted by atomic mass is 35.5. The van der Waals surface area contributed by atoms with Gasteiger partial charge in [0.05, 0.1) is 0 Å². The topological polar surface area (TPSA) is 46.6 Å². The van der Waals surface area contributed by atoms with Gasteiger partial charge in [-0.05, 0) is 38.8 Å². The van der Waals surface area contributed by atoms with Gasteiger partial charge in [0.25, 0.3) is 0 Å². The minimum atomic E-state index is -0.360. The monoisotopic (exact) mass is 247 g/mol. The van der Waals surface area contributed by atoms with E-state index in [4.69, 9.17) is 4.74 Å². The second-order valence-electron chi connectivity index (χ2n) is 4.55. The van der Waals surface area contributed by atoms with E-state index in [1.165, 1.54) is 6.92 Å². The van der Waals surface area contributed by atoms with E-state index in [-0.39, 0.29) is 36.7 Å². The number of nitrogens with zero attached hydrogens (tertiary/aromatic N) is 1. The van der Waals surface area contributed by atoms with Crippen molar-refractivity contribution in [1.29, 1.82) is 0 Å². The van der Waals surface area contributed by atoms with E-state index < -0.39 is 0 Å². The van der Waals surface area contributed by atoms with Crippen molar-refractivity contribution in [3.8, 4) is 0 Å². The highest BCUT2D eigenvalue weighted by Crippen LogP contribution is 2.29. The van der Waals surface area contributed by atoms with Crippen LogP contribution in [0, 0.1) is 5.92 Å². The number of ether oxygens (including phenoxy) is 1. The number of rotatable bonds is 3. The number of fused-ring (bicyclic) bond motifs is 3. The van der Waals surface area contributed by atoms with Crippen LogP contribution in [0.2, 0.25) is 0 Å². The molecule has 3 aliphatic heterocycles. The third-order valence-corrected chi connectivity index (χ3v) is 3.27. The fourth-order valence-electron chi connectivity index (χ4n) is 2.46. The van der Waals surface area contributed by atoms with E-state index in [0.29, 0.717) is 5.92 Å². The molecule has 3 fully saturated rings. The number of carbonyl (C=O) groups excluding carboxylic acids is 2. The van der Waals surface area contributed by atoms with Crippen molar-refractivity contribution in [1.82, 2.24) is 4.90 Å². The SMILES string of the molecule is CC(=O)CC(=O)OC1CN2CCC1CC2.Cl. The Balaban J connectivity index is 0.00000128. The van der Waals surface area contributed by atoms with Crippen molar-refractivity contribution in [2.24, 2.45) is 5.92 Å². The van der Waals surface area contributed by atoms with Crippen molar-refractivity contribution < 1.29 is 14.3 Å². The lowest BCUT2D eigenvalue weighted by atomic mass is 9.86. The summed E-state index contributed by atoms with van der Waals surface area (Å²) >= 11 is 0. The molecule has 0 aromatic carbocycles. The predicted octanol–water partition coefficient (Wildman–Crippen LogP) is 1.02. The Morgan fingerprint density at radius 2 is 1.94 bits per heavy atom. The van der Waals surface area contributed by atoms with Crippen LogP contribution in [-0.2, 0) is 14.3 Å². The van der Waals surface area contributed by atoms with Gasteiger partial charge in [-0.1, -0.05) is 0 Å². The number of esters is 1. The van der Waals surface area contributed by atoms with Crippen LogP contribution in [0.3, 0.4) is 0 Å². The number of hydrogen-bond donors (Lipinski definition) is 0. The third-order valence-electron chi connectivity index (χ3n) is 3.27. The Morgan fingerprint density at radius 3 is 2.38 bits per heavy atom. The molecule has 16 heavy (non-hydrogen) atoms. The largest absolute Gasteiger partial charge is 0.460 e. The molecule has 0 aliphatic carbocycles. The van der Waals surface area contributed by atoms with Gasteiger partial charge in [-0.2, -0.15) is 0 Å². The molecule has 3 aliphatic rings. The third kappa shape index (κ3) is 3.19. The van der Waals surface area contributed by atoms with E-state index in [0.717, 1.165) is 32.5 Å². The number of Topliss-reactive ketones (excluding diaryl/α,β-unsaturated/α-hetero) is 1. The number of ketones is 1. The minimum absolute atomic E-state index is 0. The average Bonchev–Trinajstić information content (AvgIpc) is 2.17. The van der Waals surface area contributed by atoms with Gasteiger partial charge in [0.2, 0.25) is 0 Å². The summed E-state index contributed by atoms with van der Waals surface area (Å²) < 4.78 is 5.33. The van der Waals surface area contributed by atoms with E-state index in [1.807, 2.05) is 0 Å². The summed E-state index contributed by atoms with van der Waals surface area (Å²) in [5.74, 6) is 0.0356. The van der Waals surface area contributed by atoms with E-state index in [2.05, 4.69) is 4.90 Å². The smallest absolute Gasteiger partial charge is 0.313 e. The molecule has 0 radical (unpaired) electrons. The first-order valence-electron chi connectivity index (χ1n) is 5.56. The lowest BCUT2D eigenvalue weighted by molar-refractivity contribution is -0.159. The molecule has 0 aromatic heterocycles. The fraction of sp³-hybridized carbons (Fsp3) is 0.818. The Kier molecular flexibility index (Phi) is 4.74. The summed E-state index contributed by atoms with van der Waals surface area (Å²) in [4.78, 5) is 24.4. The molecule has 0 aromatic rings. The van der Waals surface area contributed by atoms with Crippen LogP contribution in [-0.4, -0.2) is 42.4 Å². The molecule has 1 unspecified atom stereocenters. The molecule has 3 saturated heterocycles. The summed E-state index contributed by atoms with van der Waals surface area (Å²) in [5.41, 5.74) is 0. The van der Waals surface area contributed by atoms with Crippen molar-refractivity contribution in [3.63, 3.8) is 0 Å². The summed E-state index contributed by atoms with van der Waals surface area (Å²) in [6, 6.07) is 0. The Hall–Kier alpha value is -0.610. The second kappa shape index (κ2) is 5.64. The summed E-state index contributed by atoms with van der Waals surface area (Å²) in [6.45, 7) is 4.53. The van der Waals surface area contributed by atoms with Crippen LogP contribution in [0.5, 0.6) is 0 Å². The number of halogens is 1. The van der Waals surface area contributed by atoms with Crippen LogP contribution >= 0.6 is 12.4 Å². The van der Waals surface area contributed by atoms with Crippen molar-refractivity contribution >= 4 is 24.2 Å². The quantitative estimate of drug-likeness (QED) is 0.552. The Bertz CT molecular complexity index is 274. The number of hydrogen-bond acceptors (Lipinski definition) is 4. The van der Waals surface area contributed by atoms with Crippen LogP contribution in [0.15, 0.2) is 0 Å². The van der Waals surface area contributed by atoms with Crippen molar-refractivity contribution in [3.05, 3.63) is 0 Å². The van der Waals surface area contributed by atoms with Crippen LogP contribution in [0.4, 0.5) is 0 Å². The molecule has 0 spiro atoms. The van der Waals surface area contributed by atoms with Gasteiger partial charge in [-0.15, -0.1) is 12.4 Å². The summed E-state index contributed by atoms with van der Waals surface area (Å²) in [5, 5.41) is 0. The lowest BCUT2D eigenvalue weighted by Gasteiger charge is -2.43. The molecule has 3 rings (SSSR count). The fourth-order valence-corrected chi connectivity index (χ4v) is 2.46. The molecular weight excluding hydrogens is 230 g/mol. The van der Waals surface area contributed by atoms with Crippen LogP contribution in [0.1, 0.15) is 26.2 Å². The highest BCUT2D eigenvalue weighted by molar-refractivity contribution is 5.94. The molecule has 92 valence electrons. The van der Waals surface area contributed by atoms with Gasteiger partial charge in [0.1, 0.15) is 18.3 Å². The highest BCUT2D eigenvalue weighted by Gasteiger charge is 2.36. The van der Waals surface area contributed by atoms with Crippen LogP contribution in [0.25, 0.3) is 0 Å². The van der Waals surface area contributed by atoms with Gasteiger partial charge in [0.15, 0.2) is 0 Å². The van der Waals surface area contributed by atoms with Gasteiger partial charge < -0.3 is 4.74 Å². The first kappa shape index (κ1) is 13.5. The normalized spacial score (nSPS) is 31.7. The standard InChI is InChI=1S/C11H17NO3.ClH/c1-8(13)6-11(14)15-10-7-12-4-2-9(10)3-5-12;/h9-10H,2-7H2,1H3;1H. The van der Waals surface area contributed by atoms with E-state index in [1.54, 1.807) is 0 Å². The minimum Gasteiger partial charge on any atom is -0.460 e. The van der Waals surface area contributed by atoms with Crippen LogP contribution < -0.4 is 0 Å². The Morgan fingerprint density at radius 1 is 1.31 bits per heavy atom. The molecule has 0 saturated carbocycles. The number of carbonyl (C=O) groups is 2. The first-order valence-corrected chi connectivity index (χ1v) is 5.56. The average molecular weight is 248 g/mol. The van der Waals surface area contributed by atoms with Gasteiger partial charge >= 0.3 is 5.97 Å². The zero-order valence-corrected chi connectivity index (χ0v) is 10.3. The molecule has 0 amide bonds. The Labute approximate surface area is 102 Å². The molecule has 5 heteroatoms. The zero-order valence-electron chi connectivity index (χ0n) is 9.48. The van der Waals surface area contributed by atoms with Crippen molar-refractivity contribution in [2.75, 3.05) is 19.6 Å². The molecular formula is C11H18ClNO3. The maximum absolute atomic E-state index is 11.3. The predicted molar refractivity (Wildman–Crippen MR) is 61.6 cm³/mol. The second-order valence-corrected chi connectivity index (χ2v) is 4.55. The molecule has 0 N–H and O–H groups in total. The van der Waals surface area contributed by atoms with E-state index >= 15 is 0 Å². The maximum Gasteiger partial charge on any atom is 0.313 e. The van der Waals surface area contributed by atoms with Crippen molar-refractivity contribution in [2.45, 2.75) is 32.3 Å². The number of piperidine rings is 3. The van der Waals surface area contributed by atoms with Gasteiger partial charge in [-0.3, -0.25) is 14.5 Å². The van der Waals surface area contributed by atoms with Gasteiger partial charge in [-0.25, -0.2) is 0 Å². The maximum atomic E-state index is 11.3. The van der Waals surface area contributed by atoms with Gasteiger partial charge in [0, 0.05) is 6.54 Å².